The lowest BCUT2D eigenvalue weighted by molar-refractivity contribution is 0.0963. The maximum atomic E-state index is 12.3. The maximum Gasteiger partial charge on any atom is 0.169 e. The Labute approximate surface area is 102 Å². The topological polar surface area (TPSA) is 26.3 Å². The van der Waals surface area contributed by atoms with Gasteiger partial charge in [-0.25, -0.2) is 0 Å². The third-order valence-electron chi connectivity index (χ3n) is 3.61. The molecule has 0 amide bonds. The van der Waals surface area contributed by atoms with Gasteiger partial charge in [0.05, 0.1) is 12.2 Å². The summed E-state index contributed by atoms with van der Waals surface area (Å²) in [5.41, 5.74) is 3.24. The molecular formula is C15H18O2. The summed E-state index contributed by atoms with van der Waals surface area (Å²) in [6.07, 6.45) is 5.41. The third-order valence-corrected chi connectivity index (χ3v) is 3.61. The summed E-state index contributed by atoms with van der Waals surface area (Å²) in [4.78, 5) is 12.3. The smallest absolute Gasteiger partial charge is 0.169 e. The summed E-state index contributed by atoms with van der Waals surface area (Å²) in [6.45, 7) is 2.82. The number of rotatable bonds is 2. The number of ketones is 1. The number of fused-ring (bicyclic) bond motifs is 1. The largest absolute Gasteiger partial charge is 0.493 e. The van der Waals surface area contributed by atoms with Crippen LogP contribution < -0.4 is 4.74 Å². The van der Waals surface area contributed by atoms with Crippen LogP contribution in [0.3, 0.4) is 0 Å². The predicted octanol–water partition coefficient (Wildman–Crippen LogP) is 3.30. The molecule has 17 heavy (non-hydrogen) atoms. The fraction of sp³-hybridized carbons (Fsp3) is 0.533. The molecule has 2 nitrogen and oxygen atoms in total. The zero-order valence-corrected chi connectivity index (χ0v) is 10.3. The van der Waals surface area contributed by atoms with Crippen molar-refractivity contribution < 1.29 is 9.53 Å². The van der Waals surface area contributed by atoms with Gasteiger partial charge in [-0.15, -0.1) is 0 Å². The quantitative estimate of drug-likeness (QED) is 0.729. The number of aryl methyl sites for hydroxylation is 2. The van der Waals surface area contributed by atoms with Crippen molar-refractivity contribution in [3.63, 3.8) is 0 Å². The molecule has 2 aliphatic rings. The molecule has 1 saturated carbocycles. The van der Waals surface area contributed by atoms with Crippen LogP contribution in [-0.4, -0.2) is 12.4 Å². The Kier molecular flexibility index (Phi) is 2.65. The normalized spacial score (nSPS) is 19.1. The highest BCUT2D eigenvalue weighted by atomic mass is 16.5. The number of ether oxygens (including phenoxy) is 1. The van der Waals surface area contributed by atoms with Gasteiger partial charge in [0, 0.05) is 5.92 Å². The molecule has 0 saturated heterocycles. The Morgan fingerprint density at radius 2 is 2.12 bits per heavy atom. The van der Waals surface area contributed by atoms with Gasteiger partial charge in [-0.1, -0.05) is 6.07 Å². The van der Waals surface area contributed by atoms with E-state index in [0.717, 1.165) is 50.0 Å². The van der Waals surface area contributed by atoms with Crippen LogP contribution in [0.1, 0.15) is 47.2 Å². The van der Waals surface area contributed by atoms with Crippen LogP contribution in [-0.2, 0) is 6.42 Å². The van der Waals surface area contributed by atoms with E-state index in [-0.39, 0.29) is 5.92 Å². The minimum Gasteiger partial charge on any atom is -0.493 e. The highest BCUT2D eigenvalue weighted by Gasteiger charge is 2.33. The lowest BCUT2D eigenvalue weighted by Crippen LogP contribution is -2.07. The monoisotopic (exact) mass is 230 g/mol. The van der Waals surface area contributed by atoms with Crippen LogP contribution in [0.15, 0.2) is 12.1 Å². The van der Waals surface area contributed by atoms with Gasteiger partial charge in [0.2, 0.25) is 0 Å². The second-order valence-electron chi connectivity index (χ2n) is 5.24. The van der Waals surface area contributed by atoms with Gasteiger partial charge in [-0.3, -0.25) is 4.79 Å². The van der Waals surface area contributed by atoms with Gasteiger partial charge in [0.15, 0.2) is 5.78 Å². The van der Waals surface area contributed by atoms with E-state index in [2.05, 4.69) is 13.0 Å². The summed E-state index contributed by atoms with van der Waals surface area (Å²) in [5, 5.41) is 0. The van der Waals surface area contributed by atoms with Crippen LogP contribution in [0.5, 0.6) is 5.75 Å². The van der Waals surface area contributed by atoms with E-state index in [0.29, 0.717) is 5.78 Å². The van der Waals surface area contributed by atoms with Crippen LogP contribution in [0.25, 0.3) is 0 Å². The summed E-state index contributed by atoms with van der Waals surface area (Å²) >= 11 is 0. The van der Waals surface area contributed by atoms with Gasteiger partial charge in [-0.2, -0.15) is 0 Å². The molecule has 90 valence electrons. The van der Waals surface area contributed by atoms with Crippen molar-refractivity contribution in [2.24, 2.45) is 5.92 Å². The van der Waals surface area contributed by atoms with Gasteiger partial charge in [-0.05, 0) is 56.2 Å². The molecule has 1 fully saturated rings. The molecule has 2 heteroatoms. The first-order chi connectivity index (χ1) is 8.25. The molecule has 1 aromatic rings. The number of Topliss-reactive ketones (excluding diaryl/α,β-unsaturated/α-hetero) is 1. The number of benzene rings is 1. The number of carbonyl (C=O) groups is 1. The van der Waals surface area contributed by atoms with Crippen LogP contribution in [0.2, 0.25) is 0 Å². The Hall–Kier alpha value is -1.31. The van der Waals surface area contributed by atoms with E-state index in [1.807, 2.05) is 6.07 Å². The summed E-state index contributed by atoms with van der Waals surface area (Å²) in [6, 6.07) is 4.18. The fourth-order valence-electron chi connectivity index (χ4n) is 2.54. The van der Waals surface area contributed by atoms with Gasteiger partial charge in [0.1, 0.15) is 5.75 Å². The average molecular weight is 230 g/mol. The third kappa shape index (κ3) is 2.08. The maximum absolute atomic E-state index is 12.3. The predicted molar refractivity (Wildman–Crippen MR) is 66.7 cm³/mol. The van der Waals surface area contributed by atoms with E-state index < -0.39 is 0 Å². The molecule has 1 aliphatic carbocycles. The minimum atomic E-state index is 0.271. The lowest BCUT2D eigenvalue weighted by atomic mass is 9.97. The zero-order chi connectivity index (χ0) is 11.8. The molecule has 0 spiro atoms. The standard InChI is InChI=1S/C15H18O2/c1-10-8-12-4-2-3-7-17-15(12)13(9-10)14(16)11-5-6-11/h8-9,11H,2-7H2,1H3. The van der Waals surface area contributed by atoms with E-state index in [4.69, 9.17) is 4.74 Å². The lowest BCUT2D eigenvalue weighted by Gasteiger charge is -2.13. The molecular weight excluding hydrogens is 212 g/mol. The second-order valence-corrected chi connectivity index (χ2v) is 5.24. The molecule has 0 bridgehead atoms. The SMILES string of the molecule is Cc1cc2c(c(C(=O)C3CC3)c1)OCCCC2. The Bertz CT molecular complexity index is 458. The minimum absolute atomic E-state index is 0.271. The summed E-state index contributed by atoms with van der Waals surface area (Å²) in [5.74, 6) is 1.45. The Morgan fingerprint density at radius 1 is 1.29 bits per heavy atom. The van der Waals surface area contributed by atoms with E-state index in [1.165, 1.54) is 11.1 Å². The second kappa shape index (κ2) is 4.17. The Morgan fingerprint density at radius 3 is 2.88 bits per heavy atom. The van der Waals surface area contributed by atoms with Crippen molar-refractivity contribution in [1.82, 2.24) is 0 Å². The van der Waals surface area contributed by atoms with Crippen molar-refractivity contribution in [2.75, 3.05) is 6.61 Å². The highest BCUT2D eigenvalue weighted by molar-refractivity contribution is 6.02. The molecule has 1 aliphatic heterocycles. The van der Waals surface area contributed by atoms with Crippen LogP contribution >= 0.6 is 0 Å². The molecule has 0 N–H and O–H groups in total. The number of hydrogen-bond donors (Lipinski definition) is 0. The number of hydrogen-bond acceptors (Lipinski definition) is 2. The van der Waals surface area contributed by atoms with Crippen LogP contribution in [0, 0.1) is 12.8 Å². The first-order valence-corrected chi connectivity index (χ1v) is 6.56. The van der Waals surface area contributed by atoms with E-state index >= 15 is 0 Å². The molecule has 1 heterocycles. The zero-order valence-electron chi connectivity index (χ0n) is 10.3. The van der Waals surface area contributed by atoms with E-state index in [1.54, 1.807) is 0 Å². The summed E-state index contributed by atoms with van der Waals surface area (Å²) < 4.78 is 5.81. The van der Waals surface area contributed by atoms with Crippen LogP contribution in [0.4, 0.5) is 0 Å². The molecule has 3 rings (SSSR count). The fourth-order valence-corrected chi connectivity index (χ4v) is 2.54. The van der Waals surface area contributed by atoms with Gasteiger partial charge in [0.25, 0.3) is 0 Å². The van der Waals surface area contributed by atoms with Gasteiger partial charge < -0.3 is 4.74 Å². The van der Waals surface area contributed by atoms with Crippen molar-refractivity contribution in [1.29, 1.82) is 0 Å². The first kappa shape index (κ1) is 10.8. The molecule has 0 unspecified atom stereocenters. The first-order valence-electron chi connectivity index (χ1n) is 6.56. The highest BCUT2D eigenvalue weighted by Crippen LogP contribution is 2.38. The average Bonchev–Trinajstić information content (AvgIpc) is 3.13. The van der Waals surface area contributed by atoms with Crippen molar-refractivity contribution in [2.45, 2.75) is 39.0 Å². The molecule has 0 radical (unpaired) electrons. The van der Waals surface area contributed by atoms with Crippen molar-refractivity contribution in [3.05, 3.63) is 28.8 Å². The van der Waals surface area contributed by atoms with Crippen molar-refractivity contribution >= 4 is 5.78 Å². The Balaban J connectivity index is 2.06. The van der Waals surface area contributed by atoms with Crippen molar-refractivity contribution in [3.8, 4) is 5.75 Å². The number of carbonyl (C=O) groups excluding carboxylic acids is 1. The molecule has 0 aromatic heterocycles. The summed E-state index contributed by atoms with van der Waals surface area (Å²) in [7, 11) is 0. The van der Waals surface area contributed by atoms with Gasteiger partial charge >= 0.3 is 0 Å². The molecule has 0 atom stereocenters. The molecule has 1 aromatic carbocycles. The van der Waals surface area contributed by atoms with E-state index in [9.17, 15) is 4.79 Å².